The molecule has 294 valence electrons. The van der Waals surface area contributed by atoms with Gasteiger partial charge in [-0.1, -0.05) is 145 Å². The third kappa shape index (κ3) is 38.8. The second kappa shape index (κ2) is 36.1. The molecule has 0 saturated heterocycles. The molecule has 0 amide bonds. The van der Waals surface area contributed by atoms with E-state index in [2.05, 4.69) is 54.8 Å². The third-order valence-corrected chi connectivity index (χ3v) is 8.61. The van der Waals surface area contributed by atoms with E-state index in [1.165, 1.54) is 44.9 Å². The number of aliphatic hydroxyl groups excluding tert-OH is 1. The first kappa shape index (κ1) is 48.7. The molecule has 0 aromatic carbocycles. The van der Waals surface area contributed by atoms with E-state index in [0.717, 1.165) is 70.6 Å². The summed E-state index contributed by atoms with van der Waals surface area (Å²) in [5.41, 5.74) is 0. The molecule has 0 radical (unpaired) electrons. The van der Waals surface area contributed by atoms with Crippen molar-refractivity contribution in [2.75, 3.05) is 13.2 Å². The molecule has 0 bridgehead atoms. The number of carbonyl (C=O) groups excluding carboxylic acids is 2. The SMILES string of the molecule is CC/C=C/C/C=C/C=C/C(O)CCCCCCCC(=O)O[C@H](COC(=O)CCCCCCCCC/C=C\C/C=C\CCCCC)COP(=O)(O)O. The Morgan fingerprint density at radius 3 is 1.80 bits per heavy atom. The van der Waals surface area contributed by atoms with E-state index >= 15 is 0 Å². The van der Waals surface area contributed by atoms with Gasteiger partial charge in [-0.25, -0.2) is 4.57 Å². The van der Waals surface area contributed by atoms with Crippen LogP contribution in [0.1, 0.15) is 162 Å². The quantitative estimate of drug-likeness (QED) is 0.0190. The normalized spacial score (nSPS) is 13.7. The minimum absolute atomic E-state index is 0.138. The lowest BCUT2D eigenvalue weighted by atomic mass is 10.1. The summed E-state index contributed by atoms with van der Waals surface area (Å²) in [4.78, 5) is 42.8. The van der Waals surface area contributed by atoms with Gasteiger partial charge in [-0.2, -0.15) is 0 Å². The van der Waals surface area contributed by atoms with Gasteiger partial charge in [-0.3, -0.25) is 14.1 Å². The van der Waals surface area contributed by atoms with E-state index in [-0.39, 0.29) is 19.4 Å². The van der Waals surface area contributed by atoms with Gasteiger partial charge in [0.05, 0.1) is 12.7 Å². The van der Waals surface area contributed by atoms with Crippen molar-refractivity contribution in [3.63, 3.8) is 0 Å². The lowest BCUT2D eigenvalue weighted by molar-refractivity contribution is -0.161. The van der Waals surface area contributed by atoms with Crippen molar-refractivity contribution in [1.29, 1.82) is 0 Å². The molecular formula is C41H71O9P. The van der Waals surface area contributed by atoms with Crippen LogP contribution in [0, 0.1) is 0 Å². The van der Waals surface area contributed by atoms with Crippen molar-refractivity contribution < 1.29 is 43.0 Å². The number of esters is 2. The molecule has 1 unspecified atom stereocenters. The third-order valence-electron chi connectivity index (χ3n) is 8.12. The van der Waals surface area contributed by atoms with Crippen molar-refractivity contribution >= 4 is 19.8 Å². The summed E-state index contributed by atoms with van der Waals surface area (Å²) in [5.74, 6) is -0.975. The highest BCUT2D eigenvalue weighted by Crippen LogP contribution is 2.36. The summed E-state index contributed by atoms with van der Waals surface area (Å²) < 4.78 is 26.3. The minimum atomic E-state index is -4.78. The molecule has 0 aliphatic rings. The lowest BCUT2D eigenvalue weighted by Crippen LogP contribution is -2.29. The van der Waals surface area contributed by atoms with Crippen LogP contribution in [0.25, 0.3) is 0 Å². The maximum absolute atomic E-state index is 12.4. The van der Waals surface area contributed by atoms with Crippen LogP contribution in [-0.4, -0.2) is 52.3 Å². The number of unbranched alkanes of at least 4 members (excludes halogenated alkanes) is 14. The van der Waals surface area contributed by atoms with Gasteiger partial charge < -0.3 is 24.4 Å². The van der Waals surface area contributed by atoms with Crippen LogP contribution in [-0.2, 0) is 28.2 Å². The summed E-state index contributed by atoms with van der Waals surface area (Å²) in [5, 5.41) is 10.1. The first-order chi connectivity index (χ1) is 24.7. The van der Waals surface area contributed by atoms with Gasteiger partial charge in [0.1, 0.15) is 6.61 Å². The molecule has 0 heterocycles. The predicted octanol–water partition coefficient (Wildman–Crippen LogP) is 10.7. The predicted molar refractivity (Wildman–Crippen MR) is 208 cm³/mol. The van der Waals surface area contributed by atoms with Crippen LogP contribution in [0.5, 0.6) is 0 Å². The molecule has 0 aliphatic carbocycles. The van der Waals surface area contributed by atoms with Crippen LogP contribution in [0.2, 0.25) is 0 Å². The number of ether oxygens (including phenoxy) is 2. The van der Waals surface area contributed by atoms with Gasteiger partial charge >= 0.3 is 19.8 Å². The highest BCUT2D eigenvalue weighted by molar-refractivity contribution is 7.46. The molecule has 0 fully saturated rings. The minimum Gasteiger partial charge on any atom is -0.462 e. The molecule has 0 aromatic heterocycles. The van der Waals surface area contributed by atoms with Gasteiger partial charge in [0.25, 0.3) is 0 Å². The fourth-order valence-electron chi connectivity index (χ4n) is 5.17. The standard InChI is InChI=1S/C41H71O9P/c1-3-5-7-9-11-12-13-14-15-16-17-18-19-20-22-26-30-34-40(43)48-36-39(37-49-51(45,46)47)50-41(44)35-31-27-23-25-29-33-38(42)32-28-24-21-10-8-6-4-2/h6,8,11-12,14-15,21,24,28,32,38-39,42H,3-5,7,9-10,13,16-20,22-23,25-27,29-31,33-37H2,1-2H3,(H2,45,46,47)/b8-6+,12-11-,15-14-,24-21+,32-28+/t38?,39-/m1/s1. The second-order valence-corrected chi connectivity index (χ2v) is 14.3. The van der Waals surface area contributed by atoms with Crippen LogP contribution < -0.4 is 0 Å². The summed E-state index contributed by atoms with van der Waals surface area (Å²) in [6.07, 6.45) is 41.0. The van der Waals surface area contributed by atoms with Crippen molar-refractivity contribution in [1.82, 2.24) is 0 Å². The van der Waals surface area contributed by atoms with Crippen LogP contribution in [0.15, 0.2) is 60.8 Å². The molecule has 10 heteroatoms. The Balaban J connectivity index is 4.06. The zero-order valence-electron chi connectivity index (χ0n) is 31.8. The van der Waals surface area contributed by atoms with E-state index in [1.54, 1.807) is 6.08 Å². The van der Waals surface area contributed by atoms with Crippen molar-refractivity contribution in [2.45, 2.75) is 174 Å². The number of allylic oxidation sites excluding steroid dienone is 9. The number of aliphatic hydroxyl groups is 1. The highest BCUT2D eigenvalue weighted by atomic mass is 31.2. The van der Waals surface area contributed by atoms with Crippen LogP contribution in [0.3, 0.4) is 0 Å². The van der Waals surface area contributed by atoms with Crippen molar-refractivity contribution in [2.24, 2.45) is 0 Å². The second-order valence-electron chi connectivity index (χ2n) is 13.1. The largest absolute Gasteiger partial charge is 0.469 e. The van der Waals surface area contributed by atoms with E-state index in [9.17, 15) is 19.3 Å². The molecule has 0 rings (SSSR count). The molecule has 0 saturated carbocycles. The van der Waals surface area contributed by atoms with E-state index < -0.39 is 38.6 Å². The fraction of sp³-hybridized carbons (Fsp3) is 0.707. The number of phosphoric ester groups is 1. The Kier molecular flexibility index (Phi) is 34.5. The van der Waals surface area contributed by atoms with Gasteiger partial charge in [0, 0.05) is 12.8 Å². The summed E-state index contributed by atoms with van der Waals surface area (Å²) in [6, 6.07) is 0. The molecule has 0 spiro atoms. The molecule has 2 atom stereocenters. The average Bonchev–Trinajstić information content (AvgIpc) is 3.09. The topological polar surface area (TPSA) is 140 Å². The Labute approximate surface area is 309 Å². The zero-order chi connectivity index (χ0) is 37.7. The lowest BCUT2D eigenvalue weighted by Gasteiger charge is -2.18. The zero-order valence-corrected chi connectivity index (χ0v) is 32.7. The number of carbonyl (C=O) groups is 2. The smallest absolute Gasteiger partial charge is 0.462 e. The van der Waals surface area contributed by atoms with E-state index in [0.29, 0.717) is 19.3 Å². The molecule has 51 heavy (non-hydrogen) atoms. The molecule has 3 N–H and O–H groups in total. The maximum Gasteiger partial charge on any atom is 0.469 e. The Morgan fingerprint density at radius 1 is 0.627 bits per heavy atom. The average molecular weight is 739 g/mol. The van der Waals surface area contributed by atoms with Gasteiger partial charge in [0.2, 0.25) is 0 Å². The van der Waals surface area contributed by atoms with Gasteiger partial charge in [0.15, 0.2) is 6.10 Å². The van der Waals surface area contributed by atoms with Crippen molar-refractivity contribution in [3.05, 3.63) is 60.8 Å². The van der Waals surface area contributed by atoms with Gasteiger partial charge in [-0.05, 0) is 64.2 Å². The highest BCUT2D eigenvalue weighted by Gasteiger charge is 2.22. The summed E-state index contributed by atoms with van der Waals surface area (Å²) in [6.45, 7) is 3.43. The first-order valence-electron chi connectivity index (χ1n) is 19.7. The van der Waals surface area contributed by atoms with Crippen LogP contribution >= 0.6 is 7.82 Å². The number of hydrogen-bond acceptors (Lipinski definition) is 7. The molecule has 0 aliphatic heterocycles. The van der Waals surface area contributed by atoms with E-state index in [4.69, 9.17) is 19.3 Å². The molecule has 0 aromatic rings. The number of phosphoric acid groups is 1. The molecule has 9 nitrogen and oxygen atoms in total. The van der Waals surface area contributed by atoms with Crippen LogP contribution in [0.4, 0.5) is 0 Å². The van der Waals surface area contributed by atoms with Gasteiger partial charge in [-0.15, -0.1) is 0 Å². The monoisotopic (exact) mass is 738 g/mol. The Morgan fingerprint density at radius 2 is 1.18 bits per heavy atom. The summed E-state index contributed by atoms with van der Waals surface area (Å²) in [7, 11) is -4.78. The fourth-order valence-corrected chi connectivity index (χ4v) is 5.53. The number of rotatable bonds is 35. The van der Waals surface area contributed by atoms with Crippen molar-refractivity contribution in [3.8, 4) is 0 Å². The Hall–Kier alpha value is -2.29. The molecular weight excluding hydrogens is 667 g/mol. The number of hydrogen-bond donors (Lipinski definition) is 3. The van der Waals surface area contributed by atoms with E-state index in [1.807, 2.05) is 18.2 Å². The Bertz CT molecular complexity index is 1030. The maximum atomic E-state index is 12.4. The first-order valence-corrected chi connectivity index (χ1v) is 21.2. The summed E-state index contributed by atoms with van der Waals surface area (Å²) >= 11 is 0.